The van der Waals surface area contributed by atoms with Gasteiger partial charge < -0.3 is 16.4 Å². The van der Waals surface area contributed by atoms with E-state index in [9.17, 15) is 13.2 Å². The first-order chi connectivity index (χ1) is 8.78. The topological polar surface area (TPSA) is 105 Å². The molecule has 106 valence electrons. The number of amides is 1. The first-order valence-electron chi connectivity index (χ1n) is 5.55. The molecule has 0 aliphatic rings. The Morgan fingerprint density at radius 1 is 1.37 bits per heavy atom. The lowest BCUT2D eigenvalue weighted by molar-refractivity contribution is -0.118. The maximum Gasteiger partial charge on any atom is 0.242 e. The van der Waals surface area contributed by atoms with Crippen LogP contribution in [0.5, 0.6) is 0 Å². The molecule has 0 aliphatic carbocycles. The Bertz CT molecular complexity index is 569. The van der Waals surface area contributed by atoms with E-state index in [4.69, 9.17) is 5.73 Å². The van der Waals surface area contributed by atoms with E-state index < -0.39 is 10.0 Å². The van der Waals surface area contributed by atoms with Gasteiger partial charge in [0, 0.05) is 21.1 Å². The Labute approximate surface area is 112 Å². The summed E-state index contributed by atoms with van der Waals surface area (Å²) in [6.45, 7) is 0.0200. The zero-order valence-corrected chi connectivity index (χ0v) is 11.9. The predicted molar refractivity (Wildman–Crippen MR) is 74.3 cm³/mol. The van der Waals surface area contributed by atoms with E-state index in [0.717, 1.165) is 4.31 Å². The predicted octanol–water partition coefficient (Wildman–Crippen LogP) is -0.323. The monoisotopic (exact) mass is 286 g/mol. The molecule has 1 aromatic carbocycles. The van der Waals surface area contributed by atoms with Crippen molar-refractivity contribution in [2.24, 2.45) is 0 Å². The molecule has 0 spiro atoms. The van der Waals surface area contributed by atoms with Crippen LogP contribution in [-0.4, -0.2) is 46.3 Å². The summed E-state index contributed by atoms with van der Waals surface area (Å²) in [4.78, 5) is 11.3. The van der Waals surface area contributed by atoms with Crippen LogP contribution >= 0.6 is 0 Å². The molecule has 4 N–H and O–H groups in total. The highest BCUT2D eigenvalue weighted by molar-refractivity contribution is 7.89. The number of nitrogen functional groups attached to an aromatic ring is 1. The van der Waals surface area contributed by atoms with E-state index in [1.807, 2.05) is 0 Å². The fourth-order valence-electron chi connectivity index (χ4n) is 1.32. The van der Waals surface area contributed by atoms with E-state index in [1.165, 1.54) is 39.3 Å². The van der Waals surface area contributed by atoms with Gasteiger partial charge >= 0.3 is 0 Å². The van der Waals surface area contributed by atoms with Gasteiger partial charge in [-0.25, -0.2) is 12.7 Å². The minimum Gasteiger partial charge on any atom is -0.397 e. The third-order valence-corrected chi connectivity index (χ3v) is 4.33. The fraction of sp³-hybridized carbons (Fsp3) is 0.364. The smallest absolute Gasteiger partial charge is 0.242 e. The number of nitrogens with zero attached hydrogens (tertiary/aromatic N) is 1. The molecule has 1 amide bonds. The Morgan fingerprint density at radius 2 is 2.00 bits per heavy atom. The molecule has 0 unspecified atom stereocenters. The quantitative estimate of drug-likeness (QED) is 0.643. The number of rotatable bonds is 5. The second kappa shape index (κ2) is 5.89. The van der Waals surface area contributed by atoms with E-state index >= 15 is 0 Å². The average molecular weight is 286 g/mol. The van der Waals surface area contributed by atoms with Gasteiger partial charge in [-0.1, -0.05) is 0 Å². The van der Waals surface area contributed by atoms with Gasteiger partial charge in [0.2, 0.25) is 15.9 Å². The largest absolute Gasteiger partial charge is 0.397 e. The summed E-state index contributed by atoms with van der Waals surface area (Å²) >= 11 is 0. The number of sulfonamides is 1. The number of carbonyl (C=O) groups excluding carboxylic acids is 1. The van der Waals surface area contributed by atoms with Crippen molar-refractivity contribution in [3.8, 4) is 0 Å². The summed E-state index contributed by atoms with van der Waals surface area (Å²) in [5, 5.41) is 5.24. The highest BCUT2D eigenvalue weighted by Crippen LogP contribution is 2.23. The molecule has 1 rings (SSSR count). The van der Waals surface area contributed by atoms with Gasteiger partial charge in [-0.2, -0.15) is 0 Å². The number of nitrogens with two attached hydrogens (primary N) is 1. The van der Waals surface area contributed by atoms with Crippen molar-refractivity contribution in [3.05, 3.63) is 18.2 Å². The molecule has 0 bridgehead atoms. The average Bonchev–Trinajstić information content (AvgIpc) is 2.36. The second-order valence-electron chi connectivity index (χ2n) is 4.06. The summed E-state index contributed by atoms with van der Waals surface area (Å²) < 4.78 is 25.0. The molecule has 0 fully saturated rings. The third-order valence-electron chi connectivity index (χ3n) is 2.52. The Morgan fingerprint density at radius 3 is 2.53 bits per heavy atom. The van der Waals surface area contributed by atoms with Crippen molar-refractivity contribution in [2.75, 3.05) is 38.7 Å². The van der Waals surface area contributed by atoms with Gasteiger partial charge in [0.15, 0.2) is 0 Å². The molecule has 0 atom stereocenters. The summed E-state index contributed by atoms with van der Waals surface area (Å²) in [5.41, 5.74) is 6.52. The molecule has 0 saturated heterocycles. The molecule has 0 radical (unpaired) electrons. The van der Waals surface area contributed by atoms with Crippen molar-refractivity contribution in [3.63, 3.8) is 0 Å². The first-order valence-corrected chi connectivity index (χ1v) is 6.99. The minimum atomic E-state index is -3.52. The minimum absolute atomic E-state index is 0.0200. The van der Waals surface area contributed by atoms with E-state index in [0.29, 0.717) is 11.4 Å². The van der Waals surface area contributed by atoms with Crippen molar-refractivity contribution >= 4 is 27.3 Å². The number of nitrogens with one attached hydrogen (secondary N) is 2. The Hall–Kier alpha value is -1.80. The number of likely N-dealkylation sites (N-methyl/N-ethyl adjacent to an activating group) is 1. The number of carbonyl (C=O) groups is 1. The highest BCUT2D eigenvalue weighted by atomic mass is 32.2. The van der Waals surface area contributed by atoms with Crippen LogP contribution in [0.4, 0.5) is 11.4 Å². The summed E-state index contributed by atoms with van der Waals surface area (Å²) in [6, 6.07) is 4.33. The fourth-order valence-corrected chi connectivity index (χ4v) is 2.25. The Balaban J connectivity index is 3.05. The lowest BCUT2D eigenvalue weighted by Crippen LogP contribution is -2.26. The zero-order valence-electron chi connectivity index (χ0n) is 11.1. The van der Waals surface area contributed by atoms with Gasteiger partial charge in [0.25, 0.3) is 0 Å². The SMILES string of the molecule is CNC(=O)CNc1cc(S(=O)(=O)N(C)C)ccc1N. The second-order valence-corrected chi connectivity index (χ2v) is 6.22. The van der Waals surface area contributed by atoms with Crippen LogP contribution in [0.3, 0.4) is 0 Å². The molecule has 0 aromatic heterocycles. The Kier molecular flexibility index (Phi) is 4.73. The van der Waals surface area contributed by atoms with Crippen LogP contribution in [-0.2, 0) is 14.8 Å². The van der Waals surface area contributed by atoms with Crippen LogP contribution in [0.25, 0.3) is 0 Å². The normalized spacial score (nSPS) is 11.4. The van der Waals surface area contributed by atoms with Gasteiger partial charge in [0.05, 0.1) is 22.8 Å². The van der Waals surface area contributed by atoms with Crippen LogP contribution in [0, 0.1) is 0 Å². The van der Waals surface area contributed by atoms with Gasteiger partial charge in [-0.05, 0) is 18.2 Å². The lowest BCUT2D eigenvalue weighted by Gasteiger charge is -2.14. The van der Waals surface area contributed by atoms with E-state index in [1.54, 1.807) is 0 Å². The summed E-state index contributed by atoms with van der Waals surface area (Å²) in [7, 11) is 0.887. The molecule has 0 heterocycles. The highest BCUT2D eigenvalue weighted by Gasteiger charge is 2.18. The zero-order chi connectivity index (χ0) is 14.6. The van der Waals surface area contributed by atoms with Crippen molar-refractivity contribution in [1.29, 1.82) is 0 Å². The number of benzene rings is 1. The summed E-state index contributed by atoms with van der Waals surface area (Å²) in [5.74, 6) is -0.222. The standard InChI is InChI=1S/C11H18N4O3S/c1-13-11(16)7-14-10-6-8(4-5-9(10)12)19(17,18)15(2)3/h4-6,14H,7,12H2,1-3H3,(H,13,16). The molecule has 7 nitrogen and oxygen atoms in total. The van der Waals surface area contributed by atoms with E-state index in [-0.39, 0.29) is 17.3 Å². The number of hydrogen-bond acceptors (Lipinski definition) is 5. The first kappa shape index (κ1) is 15.3. The molecule has 8 heteroatoms. The van der Waals surface area contributed by atoms with Crippen LogP contribution in [0.2, 0.25) is 0 Å². The van der Waals surface area contributed by atoms with E-state index in [2.05, 4.69) is 10.6 Å². The van der Waals surface area contributed by atoms with Crippen molar-refractivity contribution in [1.82, 2.24) is 9.62 Å². The van der Waals surface area contributed by atoms with Gasteiger partial charge in [-0.15, -0.1) is 0 Å². The van der Waals surface area contributed by atoms with Crippen LogP contribution in [0.1, 0.15) is 0 Å². The molecular weight excluding hydrogens is 268 g/mol. The molecular formula is C11H18N4O3S. The van der Waals surface area contributed by atoms with Gasteiger partial charge in [-0.3, -0.25) is 4.79 Å². The van der Waals surface area contributed by atoms with Gasteiger partial charge in [0.1, 0.15) is 0 Å². The summed E-state index contributed by atoms with van der Waals surface area (Å²) in [6.07, 6.45) is 0. The molecule has 1 aromatic rings. The third kappa shape index (κ3) is 3.58. The number of hydrogen-bond donors (Lipinski definition) is 3. The van der Waals surface area contributed by atoms with Crippen LogP contribution < -0.4 is 16.4 Å². The molecule has 19 heavy (non-hydrogen) atoms. The molecule has 0 aliphatic heterocycles. The van der Waals surface area contributed by atoms with Crippen molar-refractivity contribution < 1.29 is 13.2 Å². The lowest BCUT2D eigenvalue weighted by atomic mass is 10.2. The van der Waals surface area contributed by atoms with Crippen molar-refractivity contribution in [2.45, 2.75) is 4.90 Å². The molecule has 0 saturated carbocycles. The maximum atomic E-state index is 12.0. The van der Waals surface area contributed by atoms with Crippen LogP contribution in [0.15, 0.2) is 23.1 Å². The number of anilines is 2. The maximum absolute atomic E-state index is 12.0.